The molecule has 0 fully saturated rings. The Labute approximate surface area is 152 Å². The van der Waals surface area contributed by atoms with Crippen molar-refractivity contribution >= 4 is 6.29 Å². The highest BCUT2D eigenvalue weighted by Gasteiger charge is 1.98. The molecule has 0 rings (SSSR count). The molecule has 0 spiro atoms. The third-order valence-corrected chi connectivity index (χ3v) is 5.15. The molecule has 0 aromatic heterocycles. The van der Waals surface area contributed by atoms with Gasteiger partial charge in [-0.2, -0.15) is 0 Å². The van der Waals surface area contributed by atoms with Crippen LogP contribution in [-0.4, -0.2) is 30.8 Å². The maximum atomic E-state index is 10.1. The Morgan fingerprint density at radius 3 is 1.21 bits per heavy atom. The van der Waals surface area contributed by atoms with Gasteiger partial charge in [-0.05, 0) is 32.5 Å². The molecule has 0 heterocycles. The number of carbonyl (C=O) groups excluding carboxylic acids is 1. The monoisotopic (exact) mass is 338 g/mol. The molecule has 0 saturated carbocycles. The molecular formula is C22H44NO. The molecule has 2 heteroatoms. The van der Waals surface area contributed by atoms with Crippen LogP contribution < -0.4 is 0 Å². The molecule has 0 N–H and O–H groups in total. The molecule has 0 unspecified atom stereocenters. The third kappa shape index (κ3) is 18.0. The summed E-state index contributed by atoms with van der Waals surface area (Å²) in [7, 11) is 0. The van der Waals surface area contributed by atoms with Crippen LogP contribution >= 0.6 is 0 Å². The largest absolute Gasteiger partial charge is 0.304 e. The van der Waals surface area contributed by atoms with Crippen LogP contribution in [-0.2, 0) is 4.79 Å². The zero-order valence-corrected chi connectivity index (χ0v) is 16.8. The smallest absolute Gasteiger partial charge is 0.198 e. The fourth-order valence-corrected chi connectivity index (χ4v) is 3.37. The molecule has 0 aliphatic heterocycles. The molecule has 2 nitrogen and oxygen atoms in total. The fraction of sp³-hybridized carbons (Fsp3) is 0.955. The lowest BCUT2D eigenvalue weighted by molar-refractivity contribution is 0.295. The van der Waals surface area contributed by atoms with Gasteiger partial charge in [0, 0.05) is 6.42 Å². The summed E-state index contributed by atoms with van der Waals surface area (Å²) < 4.78 is 0. The van der Waals surface area contributed by atoms with Crippen molar-refractivity contribution in [3.8, 4) is 0 Å². The highest BCUT2D eigenvalue weighted by Crippen LogP contribution is 2.13. The van der Waals surface area contributed by atoms with Crippen LogP contribution in [0.25, 0.3) is 0 Å². The number of nitrogens with zero attached hydrogens (tertiary/aromatic N) is 1. The van der Waals surface area contributed by atoms with Crippen molar-refractivity contribution in [3.05, 3.63) is 0 Å². The van der Waals surface area contributed by atoms with Gasteiger partial charge in [-0.25, -0.2) is 0 Å². The lowest BCUT2D eigenvalue weighted by Gasteiger charge is -2.17. The summed E-state index contributed by atoms with van der Waals surface area (Å²) in [5.74, 6) is 0. The van der Waals surface area contributed by atoms with Gasteiger partial charge in [0.1, 0.15) is 0 Å². The molecule has 0 amide bonds. The van der Waals surface area contributed by atoms with E-state index in [4.69, 9.17) is 0 Å². The minimum absolute atomic E-state index is 0.635. The Morgan fingerprint density at radius 1 is 0.542 bits per heavy atom. The average Bonchev–Trinajstić information content (AvgIpc) is 2.61. The molecule has 0 bridgehead atoms. The first kappa shape index (κ1) is 23.6. The van der Waals surface area contributed by atoms with E-state index >= 15 is 0 Å². The summed E-state index contributed by atoms with van der Waals surface area (Å²) in [5, 5.41) is 0. The van der Waals surface area contributed by atoms with E-state index in [1.807, 2.05) is 6.29 Å². The molecule has 0 aromatic rings. The van der Waals surface area contributed by atoms with Gasteiger partial charge in [-0.15, -0.1) is 0 Å². The van der Waals surface area contributed by atoms with E-state index in [1.165, 1.54) is 110 Å². The first-order chi connectivity index (χ1) is 11.8. The zero-order valence-electron chi connectivity index (χ0n) is 16.8. The molecule has 24 heavy (non-hydrogen) atoms. The Kier molecular flexibility index (Phi) is 20.4. The molecule has 0 aromatic carbocycles. The van der Waals surface area contributed by atoms with Crippen LogP contribution in [0.4, 0.5) is 0 Å². The van der Waals surface area contributed by atoms with E-state index in [0.29, 0.717) is 6.42 Å². The predicted molar refractivity (Wildman–Crippen MR) is 107 cm³/mol. The van der Waals surface area contributed by atoms with Crippen LogP contribution in [0.2, 0.25) is 0 Å². The van der Waals surface area contributed by atoms with Crippen molar-refractivity contribution in [2.24, 2.45) is 0 Å². The molecule has 0 saturated heterocycles. The van der Waals surface area contributed by atoms with Crippen LogP contribution in [0.5, 0.6) is 0 Å². The Bertz CT molecular complexity index is 238. The first-order valence-corrected chi connectivity index (χ1v) is 10.9. The van der Waals surface area contributed by atoms with Gasteiger partial charge in [0.25, 0.3) is 0 Å². The first-order valence-electron chi connectivity index (χ1n) is 10.9. The fourth-order valence-electron chi connectivity index (χ4n) is 3.37. The predicted octanol–water partition coefficient (Wildman–Crippen LogP) is 6.68. The molecule has 0 atom stereocenters. The van der Waals surface area contributed by atoms with E-state index in [9.17, 15) is 4.79 Å². The van der Waals surface area contributed by atoms with Gasteiger partial charge < -0.3 is 4.90 Å². The van der Waals surface area contributed by atoms with Crippen molar-refractivity contribution in [3.63, 3.8) is 0 Å². The summed E-state index contributed by atoms with van der Waals surface area (Å²) in [6.07, 6.45) is 23.2. The van der Waals surface area contributed by atoms with E-state index in [2.05, 4.69) is 18.7 Å². The second-order valence-electron chi connectivity index (χ2n) is 7.22. The second-order valence-corrected chi connectivity index (χ2v) is 7.22. The van der Waals surface area contributed by atoms with Gasteiger partial charge in [-0.1, -0.05) is 97.3 Å². The molecule has 0 aliphatic carbocycles. The molecule has 0 aliphatic rings. The summed E-state index contributed by atoms with van der Waals surface area (Å²) in [5.41, 5.74) is 0. The van der Waals surface area contributed by atoms with Crippen LogP contribution in [0.15, 0.2) is 0 Å². The quantitative estimate of drug-likeness (QED) is 0.231. The van der Waals surface area contributed by atoms with Crippen LogP contribution in [0, 0.1) is 0 Å². The van der Waals surface area contributed by atoms with Crippen molar-refractivity contribution in [2.75, 3.05) is 19.6 Å². The Balaban J connectivity index is 3.04. The van der Waals surface area contributed by atoms with E-state index < -0.39 is 0 Å². The van der Waals surface area contributed by atoms with Crippen molar-refractivity contribution < 1.29 is 4.79 Å². The standard InChI is InChI=1S/C22H44NO/c1-3-23(4-2)21-19-17-15-13-11-9-7-5-6-8-10-12-14-16-18-20-22-24/h3-21H2,1-2H3. The number of hydrogen-bond acceptors (Lipinski definition) is 2. The average molecular weight is 339 g/mol. The Hall–Kier alpha value is -0.370. The van der Waals surface area contributed by atoms with Crippen molar-refractivity contribution in [2.45, 2.75) is 117 Å². The minimum Gasteiger partial charge on any atom is -0.304 e. The summed E-state index contributed by atoms with van der Waals surface area (Å²) in [4.78, 5) is 12.6. The maximum absolute atomic E-state index is 10.1. The number of unbranched alkanes of at least 4 members (excludes halogenated alkanes) is 15. The lowest BCUT2D eigenvalue weighted by atomic mass is 10.0. The molecular weight excluding hydrogens is 294 g/mol. The molecule has 1 radical (unpaired) electrons. The van der Waals surface area contributed by atoms with Crippen LogP contribution in [0.3, 0.4) is 0 Å². The molecule has 143 valence electrons. The van der Waals surface area contributed by atoms with Gasteiger partial charge in [0.05, 0.1) is 0 Å². The summed E-state index contributed by atoms with van der Waals surface area (Å²) >= 11 is 0. The second kappa shape index (κ2) is 20.7. The van der Waals surface area contributed by atoms with Crippen molar-refractivity contribution in [1.29, 1.82) is 0 Å². The Morgan fingerprint density at radius 2 is 0.875 bits per heavy atom. The lowest BCUT2D eigenvalue weighted by Crippen LogP contribution is -2.23. The zero-order chi connectivity index (χ0) is 17.7. The summed E-state index contributed by atoms with van der Waals surface area (Å²) in [6, 6.07) is 0. The third-order valence-electron chi connectivity index (χ3n) is 5.15. The number of hydrogen-bond donors (Lipinski definition) is 0. The van der Waals surface area contributed by atoms with Gasteiger partial charge in [0.2, 0.25) is 0 Å². The van der Waals surface area contributed by atoms with Gasteiger partial charge in [0.15, 0.2) is 6.29 Å². The highest BCUT2D eigenvalue weighted by molar-refractivity contribution is 5.50. The van der Waals surface area contributed by atoms with E-state index in [-0.39, 0.29) is 0 Å². The SMILES string of the molecule is CCN(CC)CCCCCCCCCCCCCCCCC[C]=O. The highest BCUT2D eigenvalue weighted by atomic mass is 16.1. The minimum atomic E-state index is 0.635. The topological polar surface area (TPSA) is 20.3 Å². The normalized spacial score (nSPS) is 11.3. The van der Waals surface area contributed by atoms with Crippen molar-refractivity contribution in [1.82, 2.24) is 4.90 Å². The van der Waals surface area contributed by atoms with E-state index in [0.717, 1.165) is 6.42 Å². The van der Waals surface area contributed by atoms with Gasteiger partial charge >= 0.3 is 0 Å². The van der Waals surface area contributed by atoms with Gasteiger partial charge in [-0.3, -0.25) is 4.79 Å². The maximum Gasteiger partial charge on any atom is 0.198 e. The van der Waals surface area contributed by atoms with E-state index in [1.54, 1.807) is 0 Å². The number of rotatable bonds is 20. The summed E-state index contributed by atoms with van der Waals surface area (Å²) in [6.45, 7) is 8.23. The van der Waals surface area contributed by atoms with Crippen LogP contribution in [0.1, 0.15) is 117 Å².